The average Bonchev–Trinajstić information content (AvgIpc) is 2.53. The zero-order chi connectivity index (χ0) is 15.9. The van der Waals surface area contributed by atoms with Crippen LogP contribution < -0.4 is 10.6 Å². The molecule has 0 fully saturated rings. The molecule has 0 bridgehead atoms. The van der Waals surface area contributed by atoms with E-state index in [-0.39, 0.29) is 12.2 Å². The molecule has 0 spiro atoms. The summed E-state index contributed by atoms with van der Waals surface area (Å²) in [6.07, 6.45) is -0.942. The Bertz CT molecular complexity index is 644. The molecule has 2 aromatic rings. The summed E-state index contributed by atoms with van der Waals surface area (Å²) in [4.78, 5) is 21.7. The fourth-order valence-corrected chi connectivity index (χ4v) is 1.82. The number of rotatable bonds is 5. The van der Waals surface area contributed by atoms with Crippen molar-refractivity contribution in [3.8, 4) is 0 Å². The van der Waals surface area contributed by atoms with Gasteiger partial charge in [-0.1, -0.05) is 18.2 Å². The van der Waals surface area contributed by atoms with Crippen molar-refractivity contribution in [3.63, 3.8) is 0 Å². The number of amides is 2. The van der Waals surface area contributed by atoms with Crippen LogP contribution in [0.15, 0.2) is 54.6 Å². The fourth-order valence-electron chi connectivity index (χ4n) is 1.82. The van der Waals surface area contributed by atoms with Gasteiger partial charge in [0.1, 0.15) is 0 Å². The molecule has 0 radical (unpaired) electrons. The Morgan fingerprint density at radius 2 is 1.77 bits per heavy atom. The molecule has 7 heteroatoms. The molecule has 0 aliphatic carbocycles. The lowest BCUT2D eigenvalue weighted by molar-refractivity contribution is -0.384. The lowest BCUT2D eigenvalue weighted by atomic mass is 10.1. The number of non-ortho nitro benzene ring substituents is 1. The monoisotopic (exact) mass is 301 g/mol. The van der Waals surface area contributed by atoms with Crippen LogP contribution >= 0.6 is 0 Å². The summed E-state index contributed by atoms with van der Waals surface area (Å²) in [6, 6.07) is 14.0. The van der Waals surface area contributed by atoms with Crippen molar-refractivity contribution in [1.82, 2.24) is 5.32 Å². The smallest absolute Gasteiger partial charge is 0.319 e. The normalized spacial score (nSPS) is 11.5. The summed E-state index contributed by atoms with van der Waals surface area (Å²) in [5, 5.41) is 25.7. The molecule has 0 heterocycles. The highest BCUT2D eigenvalue weighted by Gasteiger charge is 2.11. The van der Waals surface area contributed by atoms with Crippen molar-refractivity contribution in [3.05, 3.63) is 70.3 Å². The van der Waals surface area contributed by atoms with E-state index in [2.05, 4.69) is 10.6 Å². The number of para-hydroxylation sites is 1. The van der Waals surface area contributed by atoms with Gasteiger partial charge in [-0.2, -0.15) is 0 Å². The quantitative estimate of drug-likeness (QED) is 0.582. The number of anilines is 1. The van der Waals surface area contributed by atoms with Crippen LogP contribution in [-0.4, -0.2) is 22.6 Å². The standard InChI is InChI=1S/C15H15N3O4/c19-14(11-6-8-13(9-7-11)18(21)22)10-16-15(20)17-12-4-2-1-3-5-12/h1-9,14,19H,10H2,(H2,16,17,20)/t14-/m1/s1. The Kier molecular flexibility index (Phi) is 5.05. The van der Waals surface area contributed by atoms with Gasteiger partial charge in [-0.25, -0.2) is 4.79 Å². The Labute approximate surface area is 126 Å². The predicted octanol–water partition coefficient (Wildman–Crippen LogP) is 2.45. The van der Waals surface area contributed by atoms with Gasteiger partial charge in [0.25, 0.3) is 5.69 Å². The van der Waals surface area contributed by atoms with Crippen molar-refractivity contribution in [1.29, 1.82) is 0 Å². The van der Waals surface area contributed by atoms with Gasteiger partial charge in [-0.3, -0.25) is 10.1 Å². The SMILES string of the molecule is O=C(NC[C@@H](O)c1ccc([N+](=O)[O-])cc1)Nc1ccccc1. The minimum atomic E-state index is -0.942. The molecule has 7 nitrogen and oxygen atoms in total. The summed E-state index contributed by atoms with van der Waals surface area (Å²) < 4.78 is 0. The van der Waals surface area contributed by atoms with E-state index in [4.69, 9.17) is 0 Å². The molecular weight excluding hydrogens is 286 g/mol. The minimum Gasteiger partial charge on any atom is -0.387 e. The number of nitrogens with one attached hydrogen (secondary N) is 2. The molecule has 0 saturated carbocycles. The fraction of sp³-hybridized carbons (Fsp3) is 0.133. The van der Waals surface area contributed by atoms with Gasteiger partial charge in [-0.15, -0.1) is 0 Å². The number of nitro groups is 1. The van der Waals surface area contributed by atoms with Gasteiger partial charge in [0, 0.05) is 24.4 Å². The molecule has 0 saturated heterocycles. The van der Waals surface area contributed by atoms with E-state index in [0.29, 0.717) is 11.3 Å². The van der Waals surface area contributed by atoms with Crippen molar-refractivity contribution in [2.45, 2.75) is 6.10 Å². The number of aliphatic hydroxyl groups is 1. The molecule has 3 N–H and O–H groups in total. The Balaban J connectivity index is 1.85. The Hall–Kier alpha value is -2.93. The topological polar surface area (TPSA) is 104 Å². The van der Waals surface area contributed by atoms with Crippen LogP contribution in [0.2, 0.25) is 0 Å². The average molecular weight is 301 g/mol. The van der Waals surface area contributed by atoms with E-state index in [0.717, 1.165) is 0 Å². The molecule has 0 unspecified atom stereocenters. The molecule has 2 rings (SSSR count). The van der Waals surface area contributed by atoms with Crippen LogP contribution in [0.4, 0.5) is 16.2 Å². The molecule has 2 aromatic carbocycles. The van der Waals surface area contributed by atoms with Gasteiger partial charge in [0.2, 0.25) is 0 Å². The number of urea groups is 1. The Morgan fingerprint density at radius 1 is 1.14 bits per heavy atom. The van der Waals surface area contributed by atoms with Gasteiger partial charge in [0.05, 0.1) is 11.0 Å². The molecule has 0 aliphatic rings. The number of nitrogens with zero attached hydrogens (tertiary/aromatic N) is 1. The minimum absolute atomic E-state index is 0.00349. The third-order valence-electron chi connectivity index (χ3n) is 2.98. The highest BCUT2D eigenvalue weighted by molar-refractivity contribution is 5.89. The van der Waals surface area contributed by atoms with Crippen molar-refractivity contribution >= 4 is 17.4 Å². The molecule has 0 aliphatic heterocycles. The third-order valence-corrected chi connectivity index (χ3v) is 2.98. The van der Waals surface area contributed by atoms with E-state index in [1.54, 1.807) is 24.3 Å². The number of nitro benzene ring substituents is 1. The van der Waals surface area contributed by atoms with E-state index < -0.39 is 17.1 Å². The second-order valence-electron chi connectivity index (χ2n) is 4.57. The highest BCUT2D eigenvalue weighted by atomic mass is 16.6. The van der Waals surface area contributed by atoms with E-state index in [1.807, 2.05) is 6.07 Å². The second kappa shape index (κ2) is 7.19. The second-order valence-corrected chi connectivity index (χ2v) is 4.57. The van der Waals surface area contributed by atoms with E-state index in [1.165, 1.54) is 24.3 Å². The van der Waals surface area contributed by atoms with Gasteiger partial charge in [0.15, 0.2) is 0 Å². The first kappa shape index (κ1) is 15.5. The zero-order valence-electron chi connectivity index (χ0n) is 11.6. The number of carbonyl (C=O) groups is 1. The van der Waals surface area contributed by atoms with Crippen LogP contribution in [0.1, 0.15) is 11.7 Å². The lowest BCUT2D eigenvalue weighted by Gasteiger charge is -2.13. The number of hydrogen-bond acceptors (Lipinski definition) is 4. The van der Waals surface area contributed by atoms with Crippen molar-refractivity contribution in [2.24, 2.45) is 0 Å². The number of benzene rings is 2. The summed E-state index contributed by atoms with van der Waals surface area (Å²) >= 11 is 0. The van der Waals surface area contributed by atoms with Gasteiger partial charge in [-0.05, 0) is 29.8 Å². The first-order valence-corrected chi connectivity index (χ1v) is 6.58. The molecule has 114 valence electrons. The largest absolute Gasteiger partial charge is 0.387 e. The summed E-state index contributed by atoms with van der Waals surface area (Å²) in [5.74, 6) is 0. The van der Waals surface area contributed by atoms with Gasteiger partial charge < -0.3 is 15.7 Å². The summed E-state index contributed by atoms with van der Waals surface area (Å²) in [6.45, 7) is -0.00349. The van der Waals surface area contributed by atoms with Crippen LogP contribution in [0, 0.1) is 10.1 Å². The van der Waals surface area contributed by atoms with Crippen LogP contribution in [0.3, 0.4) is 0 Å². The first-order chi connectivity index (χ1) is 10.6. The van der Waals surface area contributed by atoms with Crippen LogP contribution in [0.25, 0.3) is 0 Å². The van der Waals surface area contributed by atoms with E-state index in [9.17, 15) is 20.0 Å². The van der Waals surface area contributed by atoms with Gasteiger partial charge >= 0.3 is 6.03 Å². The highest BCUT2D eigenvalue weighted by Crippen LogP contribution is 2.17. The molecule has 1 atom stereocenters. The first-order valence-electron chi connectivity index (χ1n) is 6.58. The molecule has 22 heavy (non-hydrogen) atoms. The van der Waals surface area contributed by atoms with Crippen LogP contribution in [-0.2, 0) is 0 Å². The lowest BCUT2D eigenvalue weighted by Crippen LogP contribution is -2.32. The maximum Gasteiger partial charge on any atom is 0.319 e. The van der Waals surface area contributed by atoms with Crippen molar-refractivity contribution < 1.29 is 14.8 Å². The molecule has 2 amide bonds. The van der Waals surface area contributed by atoms with Crippen molar-refractivity contribution in [2.75, 3.05) is 11.9 Å². The number of aliphatic hydroxyl groups excluding tert-OH is 1. The third kappa shape index (κ3) is 4.29. The molecule has 0 aromatic heterocycles. The summed E-state index contributed by atoms with van der Waals surface area (Å²) in [5.41, 5.74) is 1.08. The maximum absolute atomic E-state index is 11.7. The van der Waals surface area contributed by atoms with Crippen LogP contribution in [0.5, 0.6) is 0 Å². The number of carbonyl (C=O) groups excluding carboxylic acids is 1. The Morgan fingerprint density at radius 3 is 2.36 bits per heavy atom. The predicted molar refractivity (Wildman–Crippen MR) is 81.5 cm³/mol. The summed E-state index contributed by atoms with van der Waals surface area (Å²) in [7, 11) is 0. The number of hydrogen-bond donors (Lipinski definition) is 3. The zero-order valence-corrected chi connectivity index (χ0v) is 11.6. The van der Waals surface area contributed by atoms with E-state index >= 15 is 0 Å². The maximum atomic E-state index is 11.7. The molecular formula is C15H15N3O4.